The number of hydrogen-bond donors (Lipinski definition) is 0. The van der Waals surface area contributed by atoms with Crippen LogP contribution in [-0.2, 0) is 0 Å². The van der Waals surface area contributed by atoms with E-state index in [-0.39, 0.29) is 0 Å². The van der Waals surface area contributed by atoms with Crippen molar-refractivity contribution in [1.82, 2.24) is 15.0 Å². The van der Waals surface area contributed by atoms with Gasteiger partial charge in [-0.1, -0.05) is 0 Å². The Labute approximate surface area is 115 Å². The van der Waals surface area contributed by atoms with Gasteiger partial charge in [0, 0.05) is 36.1 Å². The maximum atomic E-state index is 4.46. The highest BCUT2D eigenvalue weighted by atomic mass is 32.1. The molecule has 0 amide bonds. The Bertz CT molecular complexity index is 733. The van der Waals surface area contributed by atoms with Crippen LogP contribution in [0.5, 0.6) is 0 Å². The van der Waals surface area contributed by atoms with Crippen LogP contribution in [0.1, 0.15) is 4.88 Å². The highest BCUT2D eigenvalue weighted by Gasteiger charge is 2.14. The molecule has 0 aliphatic heterocycles. The number of fused-ring (bicyclic) bond motifs is 1. The first-order chi connectivity index (χ1) is 9.16. The number of hydrogen-bond acceptors (Lipinski definition) is 5. The molecule has 96 valence electrons. The third-order valence-corrected chi connectivity index (χ3v) is 3.88. The summed E-state index contributed by atoms with van der Waals surface area (Å²) < 4.78 is 0. The lowest BCUT2D eigenvalue weighted by Crippen LogP contribution is -2.12. The van der Waals surface area contributed by atoms with Crippen molar-refractivity contribution in [2.45, 2.75) is 6.92 Å². The summed E-state index contributed by atoms with van der Waals surface area (Å²) in [5.74, 6) is 0.923. The van der Waals surface area contributed by atoms with Crippen molar-refractivity contribution in [3.05, 3.63) is 35.6 Å². The molecule has 0 saturated heterocycles. The summed E-state index contributed by atoms with van der Waals surface area (Å²) in [7, 11) is 3.98. The number of aromatic nitrogens is 3. The van der Waals surface area contributed by atoms with Gasteiger partial charge in [-0.3, -0.25) is 0 Å². The molecule has 3 aromatic heterocycles. The molecular weight excluding hydrogens is 256 g/mol. The molecule has 0 N–H and O–H groups in total. The number of nitrogens with zero attached hydrogens (tertiary/aromatic N) is 4. The Morgan fingerprint density at radius 2 is 2.00 bits per heavy atom. The van der Waals surface area contributed by atoms with Crippen molar-refractivity contribution in [2.75, 3.05) is 19.0 Å². The highest BCUT2D eigenvalue weighted by Crippen LogP contribution is 2.34. The van der Waals surface area contributed by atoms with Crippen molar-refractivity contribution >= 4 is 27.4 Å². The Kier molecular flexibility index (Phi) is 2.91. The van der Waals surface area contributed by atoms with Crippen LogP contribution in [-0.4, -0.2) is 29.0 Å². The van der Waals surface area contributed by atoms with Gasteiger partial charge in [0.05, 0.1) is 5.69 Å². The summed E-state index contributed by atoms with van der Waals surface area (Å²) >= 11 is 1.69. The average molecular weight is 270 g/mol. The molecule has 0 spiro atoms. The minimum absolute atomic E-state index is 0.923. The molecule has 0 saturated carbocycles. The first-order valence-corrected chi connectivity index (χ1v) is 6.82. The summed E-state index contributed by atoms with van der Waals surface area (Å²) in [6, 6.07) is 6.13. The van der Waals surface area contributed by atoms with Gasteiger partial charge in [0.1, 0.15) is 17.0 Å². The summed E-state index contributed by atoms with van der Waals surface area (Å²) in [5, 5.41) is 1.10. The van der Waals surface area contributed by atoms with Crippen LogP contribution in [0.2, 0.25) is 0 Å². The van der Waals surface area contributed by atoms with Gasteiger partial charge in [-0.2, -0.15) is 0 Å². The predicted molar refractivity (Wildman–Crippen MR) is 79.7 cm³/mol. The molecule has 0 bridgehead atoms. The molecule has 5 heteroatoms. The van der Waals surface area contributed by atoms with E-state index in [1.54, 1.807) is 23.9 Å². The van der Waals surface area contributed by atoms with Gasteiger partial charge in [0.2, 0.25) is 0 Å². The molecule has 0 fully saturated rings. The largest absolute Gasteiger partial charge is 0.362 e. The van der Waals surface area contributed by atoms with Gasteiger partial charge in [-0.05, 0) is 25.1 Å². The quantitative estimate of drug-likeness (QED) is 0.717. The first kappa shape index (κ1) is 12.0. The minimum atomic E-state index is 0.923. The van der Waals surface area contributed by atoms with E-state index in [1.165, 1.54) is 4.88 Å². The van der Waals surface area contributed by atoms with Crippen LogP contribution in [0.25, 0.3) is 21.5 Å². The molecule has 3 rings (SSSR count). The van der Waals surface area contributed by atoms with Crippen LogP contribution >= 0.6 is 11.3 Å². The van der Waals surface area contributed by atoms with Crippen molar-refractivity contribution in [1.29, 1.82) is 0 Å². The molecule has 19 heavy (non-hydrogen) atoms. The molecule has 0 aliphatic rings. The normalized spacial score (nSPS) is 10.9. The van der Waals surface area contributed by atoms with Crippen molar-refractivity contribution < 1.29 is 0 Å². The standard InChI is InChI=1S/C14H14N4S/c1-9-7-11-12(16-8-17-14(11)19-9)10-5-4-6-15-13(10)18(2)3/h4-8H,1-3H3. The van der Waals surface area contributed by atoms with E-state index in [0.29, 0.717) is 0 Å². The second-order valence-electron chi connectivity index (χ2n) is 4.57. The maximum Gasteiger partial charge on any atom is 0.137 e. The lowest BCUT2D eigenvalue weighted by Gasteiger charge is -2.15. The third kappa shape index (κ3) is 2.06. The van der Waals surface area contributed by atoms with Gasteiger partial charge < -0.3 is 4.90 Å². The third-order valence-electron chi connectivity index (χ3n) is 2.92. The second kappa shape index (κ2) is 4.59. The molecule has 0 aliphatic carbocycles. The lowest BCUT2D eigenvalue weighted by atomic mass is 10.1. The zero-order valence-corrected chi connectivity index (χ0v) is 11.9. The molecule has 0 radical (unpaired) electrons. The van der Waals surface area contributed by atoms with Crippen LogP contribution < -0.4 is 4.90 Å². The zero-order chi connectivity index (χ0) is 13.4. The topological polar surface area (TPSA) is 41.9 Å². The fourth-order valence-electron chi connectivity index (χ4n) is 2.13. The smallest absolute Gasteiger partial charge is 0.137 e. The van der Waals surface area contributed by atoms with Crippen LogP contribution in [0, 0.1) is 6.92 Å². The summed E-state index contributed by atoms with van der Waals surface area (Å²) in [6.45, 7) is 2.09. The van der Waals surface area contributed by atoms with Crippen molar-refractivity contribution in [3.63, 3.8) is 0 Å². The van der Waals surface area contributed by atoms with E-state index in [9.17, 15) is 0 Å². The fraction of sp³-hybridized carbons (Fsp3) is 0.214. The Balaban J connectivity index is 2.30. The maximum absolute atomic E-state index is 4.46. The van der Waals surface area contributed by atoms with E-state index in [2.05, 4.69) is 34.0 Å². The summed E-state index contributed by atoms with van der Waals surface area (Å²) in [5.41, 5.74) is 1.99. The summed E-state index contributed by atoms with van der Waals surface area (Å²) in [6.07, 6.45) is 3.43. The van der Waals surface area contributed by atoms with Gasteiger partial charge in [0.15, 0.2) is 0 Å². The number of anilines is 1. The van der Waals surface area contributed by atoms with E-state index in [4.69, 9.17) is 0 Å². The van der Waals surface area contributed by atoms with Gasteiger partial charge in [0.25, 0.3) is 0 Å². The number of aryl methyl sites for hydroxylation is 1. The first-order valence-electron chi connectivity index (χ1n) is 6.00. The van der Waals surface area contributed by atoms with E-state index < -0.39 is 0 Å². The molecule has 4 nitrogen and oxygen atoms in total. The number of pyridine rings is 1. The van der Waals surface area contributed by atoms with Gasteiger partial charge in [-0.25, -0.2) is 15.0 Å². The van der Waals surface area contributed by atoms with E-state index in [1.807, 2.05) is 25.1 Å². The molecule has 3 heterocycles. The Morgan fingerprint density at radius 3 is 2.79 bits per heavy atom. The van der Waals surface area contributed by atoms with E-state index in [0.717, 1.165) is 27.3 Å². The Morgan fingerprint density at radius 1 is 1.16 bits per heavy atom. The molecule has 0 atom stereocenters. The SMILES string of the molecule is Cc1cc2c(-c3cccnc3N(C)C)ncnc2s1. The lowest BCUT2D eigenvalue weighted by molar-refractivity contribution is 1.07. The van der Waals surface area contributed by atoms with E-state index >= 15 is 0 Å². The van der Waals surface area contributed by atoms with Crippen LogP contribution in [0.3, 0.4) is 0 Å². The van der Waals surface area contributed by atoms with Gasteiger partial charge >= 0.3 is 0 Å². The molecular formula is C14H14N4S. The van der Waals surface area contributed by atoms with Crippen LogP contribution in [0.4, 0.5) is 5.82 Å². The molecule has 0 aromatic carbocycles. The minimum Gasteiger partial charge on any atom is -0.362 e. The van der Waals surface area contributed by atoms with Crippen LogP contribution in [0.15, 0.2) is 30.7 Å². The Hall–Kier alpha value is -2.01. The zero-order valence-electron chi connectivity index (χ0n) is 11.1. The van der Waals surface area contributed by atoms with Crippen molar-refractivity contribution in [2.24, 2.45) is 0 Å². The molecule has 0 unspecified atom stereocenters. The molecule has 3 aromatic rings. The second-order valence-corrected chi connectivity index (χ2v) is 5.80. The fourth-order valence-corrected chi connectivity index (χ4v) is 2.98. The average Bonchev–Trinajstić information content (AvgIpc) is 2.78. The highest BCUT2D eigenvalue weighted by molar-refractivity contribution is 7.18. The van der Waals surface area contributed by atoms with Gasteiger partial charge in [-0.15, -0.1) is 11.3 Å². The summed E-state index contributed by atoms with van der Waals surface area (Å²) in [4.78, 5) is 17.5. The monoisotopic (exact) mass is 270 g/mol. The number of rotatable bonds is 2. The number of thiophene rings is 1. The van der Waals surface area contributed by atoms with Crippen molar-refractivity contribution in [3.8, 4) is 11.3 Å². The predicted octanol–water partition coefficient (Wildman–Crippen LogP) is 3.13.